The van der Waals surface area contributed by atoms with E-state index in [4.69, 9.17) is 4.74 Å². The van der Waals surface area contributed by atoms with E-state index in [9.17, 15) is 0 Å². The van der Waals surface area contributed by atoms with Gasteiger partial charge in [0.15, 0.2) is 0 Å². The molecule has 0 radical (unpaired) electrons. The number of allylic oxidation sites excluding steroid dienone is 2. The molecule has 0 spiro atoms. The number of hydrogen-bond acceptors (Lipinski definition) is 2. The molecule has 2 nitrogen and oxygen atoms in total. The van der Waals surface area contributed by atoms with E-state index in [0.29, 0.717) is 5.92 Å². The predicted octanol–water partition coefficient (Wildman–Crippen LogP) is 3.18. The summed E-state index contributed by atoms with van der Waals surface area (Å²) < 4.78 is 5.05. The Bertz CT molecular complexity index is 360. The van der Waals surface area contributed by atoms with Crippen LogP contribution in [0.15, 0.2) is 36.4 Å². The van der Waals surface area contributed by atoms with Gasteiger partial charge < -0.3 is 10.1 Å². The van der Waals surface area contributed by atoms with Crippen molar-refractivity contribution in [1.82, 2.24) is 0 Å². The second-order valence-corrected chi connectivity index (χ2v) is 4.12. The zero-order chi connectivity index (χ0) is 11.2. The lowest BCUT2D eigenvalue weighted by atomic mass is 9.97. The highest BCUT2D eigenvalue weighted by molar-refractivity contribution is 5.54. The second-order valence-electron chi connectivity index (χ2n) is 4.12. The Balaban J connectivity index is 2.07. The average Bonchev–Trinajstić information content (AvgIpc) is 2.83. The molecule has 0 saturated heterocycles. The molecule has 1 unspecified atom stereocenters. The molecule has 1 aliphatic rings. The Morgan fingerprint density at radius 2 is 2.25 bits per heavy atom. The van der Waals surface area contributed by atoms with Crippen molar-refractivity contribution in [2.75, 3.05) is 25.6 Å². The number of para-hydroxylation sites is 1. The molecule has 0 fully saturated rings. The molecule has 1 N–H and O–H groups in total. The zero-order valence-electron chi connectivity index (χ0n) is 9.78. The molecule has 0 bridgehead atoms. The number of benzene rings is 1. The van der Waals surface area contributed by atoms with Gasteiger partial charge in [-0.25, -0.2) is 0 Å². The summed E-state index contributed by atoms with van der Waals surface area (Å²) in [7, 11) is 1.73. The summed E-state index contributed by atoms with van der Waals surface area (Å²) in [6.07, 6.45) is 7.04. The van der Waals surface area contributed by atoms with Crippen molar-refractivity contribution in [3.05, 3.63) is 42.0 Å². The summed E-state index contributed by atoms with van der Waals surface area (Å²) in [5, 5.41) is 3.43. The summed E-state index contributed by atoms with van der Waals surface area (Å²) in [5.74, 6) is 0.589. The summed E-state index contributed by atoms with van der Waals surface area (Å²) in [5.41, 5.74) is 2.66. The topological polar surface area (TPSA) is 21.3 Å². The Labute approximate surface area is 97.3 Å². The summed E-state index contributed by atoms with van der Waals surface area (Å²) in [6, 6.07) is 8.56. The molecule has 1 atom stereocenters. The molecule has 1 aromatic rings. The molecule has 2 heteroatoms. The van der Waals surface area contributed by atoms with Gasteiger partial charge in [-0.15, -0.1) is 0 Å². The van der Waals surface area contributed by atoms with Crippen molar-refractivity contribution in [3.63, 3.8) is 0 Å². The third-order valence-corrected chi connectivity index (χ3v) is 2.99. The van der Waals surface area contributed by atoms with E-state index in [1.165, 1.54) is 24.1 Å². The fraction of sp³-hybridized carbons (Fsp3) is 0.429. The summed E-state index contributed by atoms with van der Waals surface area (Å²) >= 11 is 0. The number of methoxy groups -OCH3 is 1. The fourth-order valence-corrected chi connectivity index (χ4v) is 2.16. The van der Waals surface area contributed by atoms with Gasteiger partial charge in [-0.05, 0) is 24.5 Å². The van der Waals surface area contributed by atoms with E-state index in [0.717, 1.165) is 13.2 Å². The van der Waals surface area contributed by atoms with E-state index in [-0.39, 0.29) is 0 Å². The molecular formula is C14H19NO. The molecule has 0 heterocycles. The van der Waals surface area contributed by atoms with Crippen LogP contribution in [0, 0.1) is 0 Å². The minimum Gasteiger partial charge on any atom is -0.383 e. The number of nitrogens with one attached hydrogen (secondary N) is 1. The molecule has 0 amide bonds. The van der Waals surface area contributed by atoms with Crippen LogP contribution in [-0.2, 0) is 4.74 Å². The highest BCUT2D eigenvalue weighted by Gasteiger charge is 2.14. The van der Waals surface area contributed by atoms with Gasteiger partial charge in [-0.1, -0.05) is 30.4 Å². The minimum absolute atomic E-state index is 0.589. The molecule has 0 aliphatic heterocycles. The van der Waals surface area contributed by atoms with Gasteiger partial charge in [-0.2, -0.15) is 0 Å². The fourth-order valence-electron chi connectivity index (χ4n) is 2.16. The summed E-state index contributed by atoms with van der Waals surface area (Å²) in [4.78, 5) is 0. The van der Waals surface area contributed by atoms with Crippen LogP contribution in [-0.4, -0.2) is 20.3 Å². The van der Waals surface area contributed by atoms with Crippen molar-refractivity contribution >= 4 is 5.69 Å². The van der Waals surface area contributed by atoms with Gasteiger partial charge >= 0.3 is 0 Å². The normalized spacial score (nSPS) is 18.9. The number of hydrogen-bond donors (Lipinski definition) is 1. The predicted molar refractivity (Wildman–Crippen MR) is 67.9 cm³/mol. The van der Waals surface area contributed by atoms with E-state index in [2.05, 4.69) is 41.7 Å². The number of ether oxygens (including phenoxy) is 1. The van der Waals surface area contributed by atoms with Crippen LogP contribution in [0.3, 0.4) is 0 Å². The maximum Gasteiger partial charge on any atom is 0.0635 e. The van der Waals surface area contributed by atoms with Crippen molar-refractivity contribution in [2.24, 2.45) is 0 Å². The lowest BCUT2D eigenvalue weighted by molar-refractivity contribution is 0.211. The number of anilines is 1. The van der Waals surface area contributed by atoms with Gasteiger partial charge in [0.25, 0.3) is 0 Å². The van der Waals surface area contributed by atoms with E-state index in [1.807, 2.05) is 0 Å². The van der Waals surface area contributed by atoms with E-state index in [1.54, 1.807) is 7.11 Å². The third kappa shape index (κ3) is 2.64. The standard InChI is InChI=1S/C14H19NO/c1-16-11-10-15-14-9-5-4-8-13(14)12-6-2-3-7-12/h2,4-6,8-9,12,15H,3,7,10-11H2,1H3. The Kier molecular flexibility index (Phi) is 4.00. The maximum absolute atomic E-state index is 5.05. The van der Waals surface area contributed by atoms with E-state index >= 15 is 0 Å². The van der Waals surface area contributed by atoms with Crippen molar-refractivity contribution < 1.29 is 4.74 Å². The highest BCUT2D eigenvalue weighted by atomic mass is 16.5. The first-order valence-corrected chi connectivity index (χ1v) is 5.90. The van der Waals surface area contributed by atoms with Crippen molar-refractivity contribution in [1.29, 1.82) is 0 Å². The zero-order valence-corrected chi connectivity index (χ0v) is 9.78. The van der Waals surface area contributed by atoms with Gasteiger partial charge in [0.2, 0.25) is 0 Å². The monoisotopic (exact) mass is 217 g/mol. The first-order valence-electron chi connectivity index (χ1n) is 5.90. The summed E-state index contributed by atoms with van der Waals surface area (Å²) in [6.45, 7) is 1.61. The maximum atomic E-state index is 5.05. The SMILES string of the molecule is COCCNc1ccccc1C1C=CCC1. The Hall–Kier alpha value is -1.28. The molecule has 0 aromatic heterocycles. The van der Waals surface area contributed by atoms with Crippen LogP contribution in [0.25, 0.3) is 0 Å². The smallest absolute Gasteiger partial charge is 0.0635 e. The van der Waals surface area contributed by atoms with Crippen LogP contribution < -0.4 is 5.32 Å². The van der Waals surface area contributed by atoms with Crippen LogP contribution >= 0.6 is 0 Å². The second kappa shape index (κ2) is 5.71. The lowest BCUT2D eigenvalue weighted by Gasteiger charge is -2.15. The number of rotatable bonds is 5. The Morgan fingerprint density at radius 3 is 3.00 bits per heavy atom. The largest absolute Gasteiger partial charge is 0.383 e. The first-order chi connectivity index (χ1) is 7.92. The molecule has 16 heavy (non-hydrogen) atoms. The lowest BCUT2D eigenvalue weighted by Crippen LogP contribution is -2.10. The van der Waals surface area contributed by atoms with E-state index < -0.39 is 0 Å². The van der Waals surface area contributed by atoms with Crippen LogP contribution in [0.5, 0.6) is 0 Å². The Morgan fingerprint density at radius 1 is 1.38 bits per heavy atom. The van der Waals surface area contributed by atoms with Crippen LogP contribution in [0.2, 0.25) is 0 Å². The molecule has 86 valence electrons. The molecule has 1 aromatic carbocycles. The van der Waals surface area contributed by atoms with Crippen molar-refractivity contribution in [3.8, 4) is 0 Å². The van der Waals surface area contributed by atoms with Gasteiger partial charge in [0, 0.05) is 25.3 Å². The molecule has 0 saturated carbocycles. The van der Waals surface area contributed by atoms with Crippen LogP contribution in [0.1, 0.15) is 24.3 Å². The van der Waals surface area contributed by atoms with Crippen LogP contribution in [0.4, 0.5) is 5.69 Å². The molecule has 1 aliphatic carbocycles. The third-order valence-electron chi connectivity index (χ3n) is 2.99. The average molecular weight is 217 g/mol. The van der Waals surface area contributed by atoms with Gasteiger partial charge in [0.05, 0.1) is 6.61 Å². The van der Waals surface area contributed by atoms with Gasteiger partial charge in [0.1, 0.15) is 0 Å². The quantitative estimate of drug-likeness (QED) is 0.604. The molecule has 2 rings (SSSR count). The van der Waals surface area contributed by atoms with Crippen molar-refractivity contribution in [2.45, 2.75) is 18.8 Å². The first kappa shape index (κ1) is 11.2. The molecular weight excluding hydrogens is 198 g/mol. The highest BCUT2D eigenvalue weighted by Crippen LogP contribution is 2.32. The minimum atomic E-state index is 0.589. The van der Waals surface area contributed by atoms with Gasteiger partial charge in [-0.3, -0.25) is 0 Å².